The number of benzene rings is 1. The topological polar surface area (TPSA) is 62.2 Å². The van der Waals surface area contributed by atoms with Crippen LogP contribution in [-0.2, 0) is 17.8 Å². The standard InChI is InChI=1S/C20H24N2O2S/c23-19(24)12-9-15-7-10-17(11-8-15)22-14-16-4-3-13-21-20(16)25-18-5-1-2-6-18/h3-4,7-8,10-11,13,18,22H,1-2,5-6,9,12,14H2,(H,23,24). The van der Waals surface area contributed by atoms with Crippen LogP contribution in [0.2, 0.25) is 0 Å². The van der Waals surface area contributed by atoms with Crippen molar-refractivity contribution >= 4 is 23.4 Å². The number of anilines is 1. The normalized spacial score (nSPS) is 14.6. The number of aliphatic carboxylic acids is 1. The van der Waals surface area contributed by atoms with Gasteiger partial charge in [0.1, 0.15) is 5.03 Å². The molecule has 0 aliphatic heterocycles. The second-order valence-corrected chi connectivity index (χ2v) is 7.73. The maximum absolute atomic E-state index is 10.6. The summed E-state index contributed by atoms with van der Waals surface area (Å²) in [5.74, 6) is -0.758. The fraction of sp³-hybridized carbons (Fsp3) is 0.400. The Morgan fingerprint density at radius 1 is 1.20 bits per heavy atom. The van der Waals surface area contributed by atoms with Gasteiger partial charge in [-0.05, 0) is 43.0 Å². The van der Waals surface area contributed by atoms with E-state index >= 15 is 0 Å². The van der Waals surface area contributed by atoms with Gasteiger partial charge in [0.2, 0.25) is 0 Å². The summed E-state index contributed by atoms with van der Waals surface area (Å²) in [5.41, 5.74) is 3.32. The van der Waals surface area contributed by atoms with Crippen molar-refractivity contribution in [3.8, 4) is 0 Å². The van der Waals surface area contributed by atoms with Crippen LogP contribution in [0.4, 0.5) is 5.69 Å². The van der Waals surface area contributed by atoms with E-state index in [4.69, 9.17) is 5.11 Å². The molecular formula is C20H24N2O2S. The second kappa shape index (κ2) is 8.90. The Kier molecular flexibility index (Phi) is 6.34. The molecule has 2 N–H and O–H groups in total. The Morgan fingerprint density at radius 3 is 2.68 bits per heavy atom. The molecule has 0 saturated heterocycles. The molecule has 25 heavy (non-hydrogen) atoms. The third-order valence-corrected chi connectivity index (χ3v) is 5.89. The Morgan fingerprint density at radius 2 is 1.96 bits per heavy atom. The number of rotatable bonds is 8. The summed E-state index contributed by atoms with van der Waals surface area (Å²) in [6, 6.07) is 12.1. The molecule has 1 aromatic heterocycles. The van der Waals surface area contributed by atoms with E-state index in [2.05, 4.69) is 16.4 Å². The molecular weight excluding hydrogens is 332 g/mol. The number of carbonyl (C=O) groups is 1. The molecule has 0 atom stereocenters. The zero-order chi connectivity index (χ0) is 17.5. The van der Waals surface area contributed by atoms with Crippen LogP contribution in [-0.4, -0.2) is 21.3 Å². The number of pyridine rings is 1. The van der Waals surface area contributed by atoms with Crippen molar-refractivity contribution in [3.05, 3.63) is 53.7 Å². The molecule has 3 rings (SSSR count). The van der Waals surface area contributed by atoms with Crippen molar-refractivity contribution in [1.29, 1.82) is 0 Å². The van der Waals surface area contributed by atoms with Crippen LogP contribution in [0.3, 0.4) is 0 Å². The molecule has 1 saturated carbocycles. The Bertz CT molecular complexity index is 697. The van der Waals surface area contributed by atoms with Crippen LogP contribution in [0.5, 0.6) is 0 Å². The predicted octanol–water partition coefficient (Wildman–Crippen LogP) is 4.75. The molecule has 5 heteroatoms. The lowest BCUT2D eigenvalue weighted by molar-refractivity contribution is -0.136. The predicted molar refractivity (Wildman–Crippen MR) is 102 cm³/mol. The summed E-state index contributed by atoms with van der Waals surface area (Å²) in [4.78, 5) is 15.2. The number of thioether (sulfide) groups is 1. The average molecular weight is 356 g/mol. The van der Waals surface area contributed by atoms with E-state index in [0.717, 1.165) is 22.8 Å². The van der Waals surface area contributed by atoms with E-state index in [-0.39, 0.29) is 6.42 Å². The molecule has 1 aromatic carbocycles. The molecule has 2 aromatic rings. The van der Waals surface area contributed by atoms with Gasteiger partial charge in [-0.2, -0.15) is 0 Å². The number of nitrogens with zero attached hydrogens (tertiary/aromatic N) is 1. The number of hydrogen-bond acceptors (Lipinski definition) is 4. The van der Waals surface area contributed by atoms with E-state index < -0.39 is 5.97 Å². The molecule has 1 fully saturated rings. The summed E-state index contributed by atoms with van der Waals surface area (Å²) < 4.78 is 0. The fourth-order valence-electron chi connectivity index (χ4n) is 3.07. The monoisotopic (exact) mass is 356 g/mol. The summed E-state index contributed by atoms with van der Waals surface area (Å²) in [6.45, 7) is 0.747. The lowest BCUT2D eigenvalue weighted by Gasteiger charge is -2.13. The maximum atomic E-state index is 10.6. The van der Waals surface area contributed by atoms with Crippen LogP contribution in [0, 0.1) is 0 Å². The van der Waals surface area contributed by atoms with Crippen molar-refractivity contribution in [2.24, 2.45) is 0 Å². The van der Waals surface area contributed by atoms with Crippen molar-refractivity contribution in [2.75, 3.05) is 5.32 Å². The van der Waals surface area contributed by atoms with E-state index in [1.807, 2.05) is 48.3 Å². The highest BCUT2D eigenvalue weighted by molar-refractivity contribution is 7.99. The van der Waals surface area contributed by atoms with Gasteiger partial charge in [-0.15, -0.1) is 11.8 Å². The van der Waals surface area contributed by atoms with Gasteiger partial charge in [-0.1, -0.05) is 31.0 Å². The van der Waals surface area contributed by atoms with Gasteiger partial charge >= 0.3 is 5.97 Å². The molecule has 132 valence electrons. The molecule has 1 aliphatic rings. The van der Waals surface area contributed by atoms with Crippen LogP contribution in [0.15, 0.2) is 47.6 Å². The minimum absolute atomic E-state index is 0.171. The van der Waals surface area contributed by atoms with Crippen LogP contribution < -0.4 is 5.32 Å². The number of hydrogen-bond donors (Lipinski definition) is 2. The van der Waals surface area contributed by atoms with Crippen LogP contribution in [0.25, 0.3) is 0 Å². The van der Waals surface area contributed by atoms with Crippen molar-refractivity contribution in [2.45, 2.75) is 55.3 Å². The number of nitrogens with one attached hydrogen (secondary N) is 1. The fourth-order valence-corrected chi connectivity index (χ4v) is 4.36. The van der Waals surface area contributed by atoms with E-state index in [9.17, 15) is 4.79 Å². The molecule has 0 radical (unpaired) electrons. The van der Waals surface area contributed by atoms with Gasteiger partial charge in [0.25, 0.3) is 0 Å². The highest BCUT2D eigenvalue weighted by atomic mass is 32.2. The average Bonchev–Trinajstić information content (AvgIpc) is 3.13. The first-order valence-electron chi connectivity index (χ1n) is 8.86. The summed E-state index contributed by atoms with van der Waals surface area (Å²) in [5, 5.41) is 14.0. The van der Waals surface area contributed by atoms with Crippen LogP contribution >= 0.6 is 11.8 Å². The molecule has 0 bridgehead atoms. The molecule has 4 nitrogen and oxygen atoms in total. The van der Waals surface area contributed by atoms with Crippen molar-refractivity contribution in [3.63, 3.8) is 0 Å². The number of aryl methyl sites for hydroxylation is 1. The molecule has 0 spiro atoms. The van der Waals surface area contributed by atoms with Gasteiger partial charge in [-0.25, -0.2) is 4.98 Å². The highest BCUT2D eigenvalue weighted by Crippen LogP contribution is 2.35. The third-order valence-electron chi connectivity index (χ3n) is 4.49. The summed E-state index contributed by atoms with van der Waals surface area (Å²) in [6.07, 6.45) is 7.89. The van der Waals surface area contributed by atoms with Crippen molar-refractivity contribution < 1.29 is 9.90 Å². The Labute approximate surface area is 153 Å². The number of carboxylic acids is 1. The SMILES string of the molecule is O=C(O)CCc1ccc(NCc2cccnc2SC2CCCC2)cc1. The van der Waals surface area contributed by atoms with Gasteiger partial charge in [-0.3, -0.25) is 4.79 Å². The minimum atomic E-state index is -0.758. The first kappa shape index (κ1) is 17.8. The second-order valence-electron chi connectivity index (χ2n) is 6.44. The maximum Gasteiger partial charge on any atom is 0.303 e. The first-order chi connectivity index (χ1) is 12.2. The van der Waals surface area contributed by atoms with Gasteiger partial charge < -0.3 is 10.4 Å². The Hall–Kier alpha value is -2.01. The molecule has 1 aliphatic carbocycles. The third kappa shape index (κ3) is 5.49. The van der Waals surface area contributed by atoms with E-state index in [1.165, 1.54) is 31.2 Å². The van der Waals surface area contributed by atoms with Gasteiger partial charge in [0, 0.05) is 35.7 Å². The largest absolute Gasteiger partial charge is 0.481 e. The zero-order valence-corrected chi connectivity index (χ0v) is 15.1. The van der Waals surface area contributed by atoms with E-state index in [1.54, 1.807) is 0 Å². The van der Waals surface area contributed by atoms with Gasteiger partial charge in [0.15, 0.2) is 0 Å². The first-order valence-corrected chi connectivity index (χ1v) is 9.74. The lowest BCUT2D eigenvalue weighted by Crippen LogP contribution is -2.04. The van der Waals surface area contributed by atoms with Gasteiger partial charge in [0.05, 0.1) is 0 Å². The van der Waals surface area contributed by atoms with E-state index in [0.29, 0.717) is 11.7 Å². The number of carboxylic acid groups (broad SMARTS) is 1. The molecule has 0 amide bonds. The summed E-state index contributed by atoms with van der Waals surface area (Å²) in [7, 11) is 0. The quantitative estimate of drug-likeness (QED) is 0.715. The molecule has 0 unspecified atom stereocenters. The minimum Gasteiger partial charge on any atom is -0.481 e. The number of aromatic nitrogens is 1. The zero-order valence-electron chi connectivity index (χ0n) is 14.3. The van der Waals surface area contributed by atoms with Crippen molar-refractivity contribution in [1.82, 2.24) is 4.98 Å². The smallest absolute Gasteiger partial charge is 0.303 e. The lowest BCUT2D eigenvalue weighted by atomic mass is 10.1. The van der Waals surface area contributed by atoms with Crippen LogP contribution in [0.1, 0.15) is 43.2 Å². The molecule has 1 heterocycles. The summed E-state index contributed by atoms with van der Waals surface area (Å²) >= 11 is 1.92. The Balaban J connectivity index is 1.57. The highest BCUT2D eigenvalue weighted by Gasteiger charge is 2.18.